The second-order valence-electron chi connectivity index (χ2n) is 5.51. The van der Waals surface area contributed by atoms with Gasteiger partial charge >= 0.3 is 0 Å². The van der Waals surface area contributed by atoms with Crippen molar-refractivity contribution in [2.24, 2.45) is 0 Å². The van der Waals surface area contributed by atoms with Crippen molar-refractivity contribution in [3.8, 4) is 0 Å². The van der Waals surface area contributed by atoms with Crippen LogP contribution in [0, 0.1) is 13.8 Å². The van der Waals surface area contributed by atoms with Gasteiger partial charge in [0.15, 0.2) is 4.21 Å². The van der Waals surface area contributed by atoms with Gasteiger partial charge < -0.3 is 4.74 Å². The highest BCUT2D eigenvalue weighted by Crippen LogP contribution is 2.24. The fraction of sp³-hybridized carbons (Fsp3) is 0.714. The van der Waals surface area contributed by atoms with Gasteiger partial charge in [0.25, 0.3) is 15.9 Å². The van der Waals surface area contributed by atoms with Crippen molar-refractivity contribution in [2.75, 3.05) is 0 Å². The average molecular weight is 346 g/mol. The number of carbonyl (C=O) groups is 1. The van der Waals surface area contributed by atoms with Crippen LogP contribution in [0.15, 0.2) is 4.21 Å². The van der Waals surface area contributed by atoms with Crippen molar-refractivity contribution in [3.63, 3.8) is 0 Å². The van der Waals surface area contributed by atoms with Crippen LogP contribution in [0.5, 0.6) is 0 Å². The van der Waals surface area contributed by atoms with Gasteiger partial charge in [-0.05, 0) is 33.1 Å². The summed E-state index contributed by atoms with van der Waals surface area (Å²) in [6, 6.07) is 0. The zero-order chi connectivity index (χ0) is 16.3. The number of aryl methyl sites for hydroxylation is 2. The van der Waals surface area contributed by atoms with E-state index in [1.807, 2.05) is 6.92 Å². The van der Waals surface area contributed by atoms with Gasteiger partial charge in [-0.3, -0.25) is 4.79 Å². The highest BCUT2D eigenvalue weighted by Gasteiger charge is 2.29. The normalized spacial score (nSPS) is 17.6. The van der Waals surface area contributed by atoms with E-state index in [1.165, 1.54) is 0 Å². The Morgan fingerprint density at radius 2 is 2.05 bits per heavy atom. The molecule has 1 saturated carbocycles. The summed E-state index contributed by atoms with van der Waals surface area (Å²) >= 11 is 1.06. The molecule has 1 aliphatic carbocycles. The predicted octanol–water partition coefficient (Wildman–Crippen LogP) is 2.30. The largest absolute Gasteiger partial charge is 0.365 e. The molecule has 124 valence electrons. The highest BCUT2D eigenvalue weighted by atomic mass is 32.2. The third-order valence-electron chi connectivity index (χ3n) is 3.66. The van der Waals surface area contributed by atoms with E-state index in [1.54, 1.807) is 13.8 Å². The van der Waals surface area contributed by atoms with Gasteiger partial charge in [-0.25, -0.2) is 18.1 Å². The molecule has 2 rings (SSSR count). The quantitative estimate of drug-likeness (QED) is 0.854. The zero-order valence-corrected chi connectivity index (χ0v) is 14.7. The summed E-state index contributed by atoms with van der Waals surface area (Å²) in [6.45, 7) is 5.17. The Kier molecular flexibility index (Phi) is 5.57. The Labute approximate surface area is 135 Å². The molecule has 0 aromatic carbocycles. The molecule has 1 atom stereocenters. The van der Waals surface area contributed by atoms with Crippen LogP contribution in [0.2, 0.25) is 0 Å². The molecule has 0 bridgehead atoms. The maximum absolute atomic E-state index is 12.3. The number of hydrogen-bond donors (Lipinski definition) is 1. The molecule has 1 heterocycles. The van der Waals surface area contributed by atoms with E-state index in [-0.39, 0.29) is 10.3 Å². The van der Waals surface area contributed by atoms with Crippen LogP contribution in [0.4, 0.5) is 0 Å². The third-order valence-corrected chi connectivity index (χ3v) is 6.69. The van der Waals surface area contributed by atoms with Crippen molar-refractivity contribution in [1.82, 2.24) is 9.71 Å². The van der Waals surface area contributed by atoms with Crippen LogP contribution < -0.4 is 4.72 Å². The molecule has 0 radical (unpaired) electrons. The number of nitrogens with zero attached hydrogens (tertiary/aromatic N) is 1. The molecule has 0 aliphatic heterocycles. The minimum atomic E-state index is -3.88. The van der Waals surface area contributed by atoms with Gasteiger partial charge in [-0.15, -0.1) is 11.3 Å². The molecular formula is C14H22N2O4S2. The van der Waals surface area contributed by atoms with E-state index in [9.17, 15) is 13.2 Å². The molecule has 22 heavy (non-hydrogen) atoms. The minimum Gasteiger partial charge on any atom is -0.365 e. The summed E-state index contributed by atoms with van der Waals surface area (Å²) in [5, 5.41) is 0.652. The summed E-state index contributed by atoms with van der Waals surface area (Å²) < 4.78 is 32.6. The number of carbonyl (C=O) groups excluding carboxylic acids is 1. The first-order valence-electron chi connectivity index (χ1n) is 7.49. The molecule has 6 nitrogen and oxygen atoms in total. The minimum absolute atomic E-state index is 0.0609. The molecule has 1 N–H and O–H groups in total. The van der Waals surface area contributed by atoms with E-state index in [0.717, 1.165) is 37.0 Å². The topological polar surface area (TPSA) is 85.4 Å². The van der Waals surface area contributed by atoms with Crippen molar-refractivity contribution < 1.29 is 17.9 Å². The molecule has 0 saturated heterocycles. The Morgan fingerprint density at radius 3 is 2.55 bits per heavy atom. The van der Waals surface area contributed by atoms with Crippen LogP contribution in [0.1, 0.15) is 49.7 Å². The second-order valence-corrected chi connectivity index (χ2v) is 8.60. The van der Waals surface area contributed by atoms with E-state index in [0.29, 0.717) is 17.1 Å². The lowest BCUT2D eigenvalue weighted by atomic mass is 10.2. The monoisotopic (exact) mass is 346 g/mol. The number of nitrogens with one attached hydrogen (secondary N) is 1. The van der Waals surface area contributed by atoms with Crippen LogP contribution in [-0.2, 0) is 19.6 Å². The number of thiazole rings is 1. The fourth-order valence-corrected chi connectivity index (χ4v) is 5.10. The molecule has 0 unspecified atom stereocenters. The van der Waals surface area contributed by atoms with E-state index in [2.05, 4.69) is 9.71 Å². The lowest BCUT2D eigenvalue weighted by molar-refractivity contribution is -0.134. The molecular weight excluding hydrogens is 324 g/mol. The number of aromatic nitrogens is 1. The number of hydrogen-bond acceptors (Lipinski definition) is 6. The molecule has 1 aromatic heterocycles. The van der Waals surface area contributed by atoms with Gasteiger partial charge in [0, 0.05) is 0 Å². The lowest BCUT2D eigenvalue weighted by Gasteiger charge is -2.20. The first-order valence-corrected chi connectivity index (χ1v) is 9.79. The second kappa shape index (κ2) is 7.06. The zero-order valence-electron chi connectivity index (χ0n) is 13.1. The molecule has 1 aliphatic rings. The number of ether oxygens (including phenoxy) is 1. The third kappa shape index (κ3) is 4.05. The van der Waals surface area contributed by atoms with Crippen molar-refractivity contribution >= 4 is 27.3 Å². The van der Waals surface area contributed by atoms with Gasteiger partial charge in [-0.1, -0.05) is 19.8 Å². The SMILES string of the molecule is CC[C@@H](OC1CCCC1)C(=O)NS(=O)(=O)c1sc(C)nc1C. The van der Waals surface area contributed by atoms with Crippen molar-refractivity contribution in [3.05, 3.63) is 10.7 Å². The number of sulfonamides is 1. The Morgan fingerprint density at radius 1 is 1.41 bits per heavy atom. The van der Waals surface area contributed by atoms with Crippen molar-refractivity contribution in [1.29, 1.82) is 0 Å². The van der Waals surface area contributed by atoms with Gasteiger partial charge in [0.2, 0.25) is 0 Å². The molecule has 1 aromatic rings. The van der Waals surface area contributed by atoms with Crippen LogP contribution in [-0.4, -0.2) is 31.5 Å². The van der Waals surface area contributed by atoms with Crippen molar-refractivity contribution in [2.45, 2.75) is 69.3 Å². The summed E-state index contributed by atoms with van der Waals surface area (Å²) in [5.74, 6) is -0.597. The first-order chi connectivity index (χ1) is 10.3. The predicted molar refractivity (Wildman–Crippen MR) is 84.3 cm³/mol. The van der Waals surface area contributed by atoms with Crippen LogP contribution >= 0.6 is 11.3 Å². The maximum atomic E-state index is 12.3. The van der Waals surface area contributed by atoms with E-state index < -0.39 is 22.0 Å². The van der Waals surface area contributed by atoms with E-state index >= 15 is 0 Å². The molecule has 1 amide bonds. The fourth-order valence-electron chi connectivity index (χ4n) is 2.61. The number of rotatable bonds is 6. The van der Waals surface area contributed by atoms with Gasteiger partial charge in [-0.2, -0.15) is 0 Å². The Balaban J connectivity index is 2.06. The molecule has 0 spiro atoms. The van der Waals surface area contributed by atoms with Gasteiger partial charge in [0.1, 0.15) is 6.10 Å². The van der Waals surface area contributed by atoms with E-state index in [4.69, 9.17) is 4.74 Å². The summed E-state index contributed by atoms with van der Waals surface area (Å²) in [6.07, 6.45) is 3.84. The summed E-state index contributed by atoms with van der Waals surface area (Å²) in [5.41, 5.74) is 0.410. The summed E-state index contributed by atoms with van der Waals surface area (Å²) in [4.78, 5) is 16.3. The number of amides is 1. The Hall–Kier alpha value is -0.990. The lowest BCUT2D eigenvalue weighted by Crippen LogP contribution is -2.41. The smallest absolute Gasteiger partial charge is 0.275 e. The Bertz CT molecular complexity index is 633. The highest BCUT2D eigenvalue weighted by molar-refractivity contribution is 7.92. The molecule has 1 fully saturated rings. The van der Waals surface area contributed by atoms with Crippen LogP contribution in [0.3, 0.4) is 0 Å². The summed E-state index contributed by atoms with van der Waals surface area (Å²) in [7, 11) is -3.88. The molecule has 8 heteroatoms. The average Bonchev–Trinajstić information content (AvgIpc) is 3.05. The first kappa shape index (κ1) is 17.4. The van der Waals surface area contributed by atoms with Gasteiger partial charge in [0.05, 0.1) is 16.8 Å². The maximum Gasteiger partial charge on any atom is 0.275 e. The van der Waals surface area contributed by atoms with Crippen LogP contribution in [0.25, 0.3) is 0 Å². The standard InChI is InChI=1S/C14H22N2O4S2/c1-4-12(20-11-7-5-6-8-11)13(17)16-22(18,19)14-9(2)15-10(3)21-14/h11-12H,4-8H2,1-3H3,(H,16,17)/t12-/m1/s1.